The predicted octanol–water partition coefficient (Wildman–Crippen LogP) is 4.33. The van der Waals surface area contributed by atoms with Crippen LogP contribution in [0.4, 0.5) is 14.5 Å². The van der Waals surface area contributed by atoms with Gasteiger partial charge < -0.3 is 5.32 Å². The molecule has 2 aromatic carbocycles. The maximum atomic E-state index is 13.9. The zero-order chi connectivity index (χ0) is 17.1. The molecule has 1 amide bonds. The van der Waals surface area contributed by atoms with Gasteiger partial charge in [-0.15, -0.1) is 0 Å². The van der Waals surface area contributed by atoms with E-state index in [0.717, 1.165) is 23.4 Å². The minimum Gasteiger partial charge on any atom is -0.324 e. The third-order valence-electron chi connectivity index (χ3n) is 3.95. The molecule has 2 aromatic rings. The molecule has 1 aliphatic carbocycles. The highest BCUT2D eigenvalue weighted by Crippen LogP contribution is 2.29. The molecule has 0 aliphatic heterocycles. The Hall–Kier alpha value is -1.79. The van der Waals surface area contributed by atoms with Crippen LogP contribution in [-0.4, -0.2) is 23.4 Å². The number of rotatable bonds is 6. The molecule has 0 aromatic heterocycles. The molecule has 3 nitrogen and oxygen atoms in total. The highest BCUT2D eigenvalue weighted by molar-refractivity contribution is 9.10. The average molecular weight is 395 g/mol. The monoisotopic (exact) mass is 394 g/mol. The summed E-state index contributed by atoms with van der Waals surface area (Å²) in [5, 5.41) is 2.85. The summed E-state index contributed by atoms with van der Waals surface area (Å²) in [5.41, 5.74) is 1.10. The zero-order valence-electron chi connectivity index (χ0n) is 12.9. The fraction of sp³-hybridized carbons (Fsp3) is 0.278. The summed E-state index contributed by atoms with van der Waals surface area (Å²) < 4.78 is 27.7. The van der Waals surface area contributed by atoms with Gasteiger partial charge in [0.1, 0.15) is 11.6 Å². The van der Waals surface area contributed by atoms with Gasteiger partial charge in [-0.25, -0.2) is 8.78 Å². The van der Waals surface area contributed by atoms with Crippen molar-refractivity contribution in [2.45, 2.75) is 25.4 Å². The number of carbonyl (C=O) groups excluding carboxylic acids is 1. The van der Waals surface area contributed by atoms with Crippen molar-refractivity contribution in [1.29, 1.82) is 0 Å². The molecule has 24 heavy (non-hydrogen) atoms. The molecule has 0 bridgehead atoms. The molecule has 0 unspecified atom stereocenters. The summed E-state index contributed by atoms with van der Waals surface area (Å²) in [5.74, 6) is -1.33. The van der Waals surface area contributed by atoms with Gasteiger partial charge >= 0.3 is 0 Å². The number of amides is 1. The lowest BCUT2D eigenvalue weighted by atomic mass is 10.2. The first-order chi connectivity index (χ1) is 11.5. The van der Waals surface area contributed by atoms with Crippen LogP contribution in [0.2, 0.25) is 0 Å². The summed E-state index contributed by atoms with van der Waals surface area (Å²) in [6, 6.07) is 11.2. The van der Waals surface area contributed by atoms with Crippen molar-refractivity contribution < 1.29 is 13.6 Å². The van der Waals surface area contributed by atoms with Gasteiger partial charge in [0.05, 0.1) is 12.2 Å². The first kappa shape index (κ1) is 17.0. The van der Waals surface area contributed by atoms with Crippen LogP contribution in [0.25, 0.3) is 0 Å². The van der Waals surface area contributed by atoms with Crippen LogP contribution in [0.5, 0.6) is 0 Å². The standard InChI is InChI=1S/C18H17BrF2N2O/c19-15-3-1-2-4-17(15)22-18(24)11-23(14-7-8-14)10-12-5-6-13(20)9-16(12)21/h1-6,9,14H,7-8,10-11H2,(H,22,24). The van der Waals surface area contributed by atoms with Crippen molar-refractivity contribution >= 4 is 27.5 Å². The van der Waals surface area contributed by atoms with Crippen molar-refractivity contribution in [3.05, 3.63) is 64.1 Å². The second-order valence-corrected chi connectivity index (χ2v) is 6.75. The van der Waals surface area contributed by atoms with Gasteiger partial charge in [0.25, 0.3) is 0 Å². The average Bonchev–Trinajstić information content (AvgIpc) is 3.36. The highest BCUT2D eigenvalue weighted by Gasteiger charge is 2.31. The number of carbonyl (C=O) groups is 1. The van der Waals surface area contributed by atoms with Gasteiger partial charge in [-0.2, -0.15) is 0 Å². The Balaban J connectivity index is 1.66. The Morgan fingerprint density at radius 2 is 1.96 bits per heavy atom. The minimum atomic E-state index is -0.596. The number of halogens is 3. The summed E-state index contributed by atoms with van der Waals surface area (Å²) in [7, 11) is 0. The predicted molar refractivity (Wildman–Crippen MR) is 92.6 cm³/mol. The van der Waals surface area contributed by atoms with E-state index in [1.807, 2.05) is 29.2 Å². The summed E-state index contributed by atoms with van der Waals surface area (Å²) in [4.78, 5) is 14.2. The first-order valence-electron chi connectivity index (χ1n) is 7.75. The minimum absolute atomic E-state index is 0.156. The molecule has 1 aliphatic rings. The Morgan fingerprint density at radius 1 is 1.21 bits per heavy atom. The van der Waals surface area contributed by atoms with E-state index in [0.29, 0.717) is 17.8 Å². The topological polar surface area (TPSA) is 32.3 Å². The Morgan fingerprint density at radius 3 is 2.62 bits per heavy atom. The fourth-order valence-electron chi connectivity index (χ4n) is 2.56. The second kappa shape index (κ2) is 7.40. The second-order valence-electron chi connectivity index (χ2n) is 5.90. The van der Waals surface area contributed by atoms with Crippen molar-refractivity contribution in [3.63, 3.8) is 0 Å². The molecule has 0 radical (unpaired) electrons. The summed E-state index contributed by atoms with van der Waals surface area (Å²) in [6.45, 7) is 0.461. The molecule has 6 heteroatoms. The van der Waals surface area contributed by atoms with Crippen molar-refractivity contribution in [1.82, 2.24) is 4.90 Å². The van der Waals surface area contributed by atoms with Crippen LogP contribution in [0.15, 0.2) is 46.9 Å². The normalized spacial score (nSPS) is 14.0. The summed E-state index contributed by atoms with van der Waals surface area (Å²) >= 11 is 3.39. The van der Waals surface area contributed by atoms with Crippen LogP contribution in [0.1, 0.15) is 18.4 Å². The van der Waals surface area contributed by atoms with E-state index < -0.39 is 11.6 Å². The van der Waals surface area contributed by atoms with Crippen LogP contribution in [-0.2, 0) is 11.3 Å². The Kier molecular flexibility index (Phi) is 5.26. The molecule has 3 rings (SSSR count). The first-order valence-corrected chi connectivity index (χ1v) is 8.54. The summed E-state index contributed by atoms with van der Waals surface area (Å²) in [6.07, 6.45) is 1.98. The van der Waals surface area contributed by atoms with E-state index in [4.69, 9.17) is 0 Å². The third-order valence-corrected chi connectivity index (χ3v) is 4.64. The van der Waals surface area contributed by atoms with Crippen molar-refractivity contribution in [2.24, 2.45) is 0 Å². The van der Waals surface area contributed by atoms with Crippen LogP contribution in [0.3, 0.4) is 0 Å². The van der Waals surface area contributed by atoms with E-state index in [-0.39, 0.29) is 18.5 Å². The van der Waals surface area contributed by atoms with Gasteiger partial charge in [0, 0.05) is 28.7 Å². The molecule has 1 N–H and O–H groups in total. The number of benzene rings is 2. The van der Waals surface area contributed by atoms with Gasteiger partial charge in [0.2, 0.25) is 5.91 Å². The van der Waals surface area contributed by atoms with E-state index in [2.05, 4.69) is 21.2 Å². The van der Waals surface area contributed by atoms with Gasteiger partial charge in [-0.3, -0.25) is 9.69 Å². The van der Waals surface area contributed by atoms with E-state index in [9.17, 15) is 13.6 Å². The molecule has 0 heterocycles. The largest absolute Gasteiger partial charge is 0.324 e. The number of anilines is 1. The Bertz CT molecular complexity index is 750. The molecular formula is C18H17BrF2N2O. The highest BCUT2D eigenvalue weighted by atomic mass is 79.9. The van der Waals surface area contributed by atoms with Gasteiger partial charge in [0.15, 0.2) is 0 Å². The maximum absolute atomic E-state index is 13.9. The quantitative estimate of drug-likeness (QED) is 0.790. The van der Waals surface area contributed by atoms with Crippen LogP contribution in [0, 0.1) is 11.6 Å². The lowest BCUT2D eigenvalue weighted by molar-refractivity contribution is -0.117. The molecule has 1 fully saturated rings. The maximum Gasteiger partial charge on any atom is 0.238 e. The SMILES string of the molecule is O=C(CN(Cc1ccc(F)cc1F)C1CC1)Nc1ccccc1Br. The molecule has 0 spiro atoms. The smallest absolute Gasteiger partial charge is 0.238 e. The van der Waals surface area contributed by atoms with Gasteiger partial charge in [-0.1, -0.05) is 18.2 Å². The van der Waals surface area contributed by atoms with Crippen molar-refractivity contribution in [2.75, 3.05) is 11.9 Å². The van der Waals surface area contributed by atoms with Gasteiger partial charge in [-0.05, 0) is 47.0 Å². The third kappa shape index (κ3) is 4.39. The van der Waals surface area contributed by atoms with Crippen LogP contribution < -0.4 is 5.32 Å². The number of hydrogen-bond donors (Lipinski definition) is 1. The van der Waals surface area contributed by atoms with Crippen molar-refractivity contribution in [3.8, 4) is 0 Å². The van der Waals surface area contributed by atoms with E-state index >= 15 is 0 Å². The molecule has 1 saturated carbocycles. The number of hydrogen-bond acceptors (Lipinski definition) is 2. The van der Waals surface area contributed by atoms with E-state index in [1.54, 1.807) is 0 Å². The number of para-hydroxylation sites is 1. The van der Waals surface area contributed by atoms with Crippen LogP contribution >= 0.6 is 15.9 Å². The molecule has 126 valence electrons. The lowest BCUT2D eigenvalue weighted by Gasteiger charge is -2.22. The zero-order valence-corrected chi connectivity index (χ0v) is 14.5. The number of nitrogens with zero attached hydrogens (tertiary/aromatic N) is 1. The molecule has 0 saturated heterocycles. The Labute approximate surface area is 147 Å². The van der Waals surface area contributed by atoms with E-state index in [1.165, 1.54) is 12.1 Å². The molecule has 0 atom stereocenters. The molecular weight excluding hydrogens is 378 g/mol. The number of nitrogens with one attached hydrogen (secondary N) is 1. The fourth-order valence-corrected chi connectivity index (χ4v) is 2.94. The lowest BCUT2D eigenvalue weighted by Crippen LogP contribution is -2.34.